The third-order valence-electron chi connectivity index (χ3n) is 3.84. The van der Waals surface area contributed by atoms with Crippen molar-refractivity contribution in [2.75, 3.05) is 11.4 Å². The number of nitrogens with zero attached hydrogens (tertiary/aromatic N) is 2. The van der Waals surface area contributed by atoms with Gasteiger partial charge < -0.3 is 4.90 Å². The molecule has 0 N–H and O–H groups in total. The minimum atomic E-state index is -0.665. The van der Waals surface area contributed by atoms with Crippen molar-refractivity contribution in [1.82, 2.24) is 0 Å². The molecule has 96 valence electrons. The molecule has 4 nitrogen and oxygen atoms in total. The SMILES string of the molecule is N#CCC1(CN2C(=O)C(=O)c3cc(F)ccc32)CC1. The number of amides is 1. The van der Waals surface area contributed by atoms with E-state index in [2.05, 4.69) is 6.07 Å². The van der Waals surface area contributed by atoms with Gasteiger partial charge in [-0.15, -0.1) is 0 Å². The summed E-state index contributed by atoms with van der Waals surface area (Å²) in [5.41, 5.74) is 0.402. The zero-order chi connectivity index (χ0) is 13.6. The van der Waals surface area contributed by atoms with Gasteiger partial charge in [0.2, 0.25) is 0 Å². The van der Waals surface area contributed by atoms with E-state index in [0.717, 1.165) is 18.9 Å². The Morgan fingerprint density at radius 3 is 2.74 bits per heavy atom. The second-order valence-electron chi connectivity index (χ2n) is 5.22. The number of fused-ring (bicyclic) bond motifs is 1. The van der Waals surface area contributed by atoms with Crippen molar-refractivity contribution in [3.05, 3.63) is 29.6 Å². The summed E-state index contributed by atoms with van der Waals surface area (Å²) in [5.74, 6) is -1.81. The van der Waals surface area contributed by atoms with Crippen molar-refractivity contribution in [2.24, 2.45) is 5.41 Å². The summed E-state index contributed by atoms with van der Waals surface area (Å²) in [7, 11) is 0. The second kappa shape index (κ2) is 3.89. The maximum atomic E-state index is 13.1. The molecule has 1 aromatic rings. The molecule has 0 spiro atoms. The van der Waals surface area contributed by atoms with Gasteiger partial charge in [0.1, 0.15) is 5.82 Å². The maximum Gasteiger partial charge on any atom is 0.299 e. The van der Waals surface area contributed by atoms with Crippen LogP contribution in [-0.4, -0.2) is 18.2 Å². The lowest BCUT2D eigenvalue weighted by molar-refractivity contribution is -0.114. The van der Waals surface area contributed by atoms with Gasteiger partial charge in [-0.2, -0.15) is 5.26 Å². The molecule has 1 heterocycles. The largest absolute Gasteiger partial charge is 0.304 e. The number of carbonyl (C=O) groups excluding carboxylic acids is 2. The number of halogens is 1. The minimum Gasteiger partial charge on any atom is -0.304 e. The highest BCUT2D eigenvalue weighted by atomic mass is 19.1. The van der Waals surface area contributed by atoms with Gasteiger partial charge in [-0.25, -0.2) is 4.39 Å². The lowest BCUT2D eigenvalue weighted by Gasteiger charge is -2.21. The molecule has 0 atom stereocenters. The fourth-order valence-corrected chi connectivity index (χ4v) is 2.50. The Kier molecular flexibility index (Phi) is 2.42. The first-order valence-electron chi connectivity index (χ1n) is 6.09. The normalized spacial score (nSPS) is 19.3. The molecule has 1 saturated carbocycles. The van der Waals surface area contributed by atoms with Crippen molar-refractivity contribution >= 4 is 17.4 Å². The Morgan fingerprint density at radius 1 is 1.37 bits per heavy atom. The van der Waals surface area contributed by atoms with Gasteiger partial charge in [-0.05, 0) is 31.0 Å². The van der Waals surface area contributed by atoms with E-state index in [1.54, 1.807) is 0 Å². The van der Waals surface area contributed by atoms with E-state index >= 15 is 0 Å². The van der Waals surface area contributed by atoms with Gasteiger partial charge in [0.05, 0.1) is 17.3 Å². The smallest absolute Gasteiger partial charge is 0.299 e. The zero-order valence-corrected chi connectivity index (χ0v) is 10.1. The summed E-state index contributed by atoms with van der Waals surface area (Å²) in [5, 5.41) is 8.80. The van der Waals surface area contributed by atoms with Gasteiger partial charge in [0.15, 0.2) is 0 Å². The Labute approximate surface area is 109 Å². The topological polar surface area (TPSA) is 61.2 Å². The highest BCUT2D eigenvalue weighted by Gasteiger charge is 2.48. The average Bonchev–Trinajstić information content (AvgIpc) is 3.10. The molecule has 5 heteroatoms. The van der Waals surface area contributed by atoms with Gasteiger partial charge in [0, 0.05) is 18.4 Å². The molecule has 19 heavy (non-hydrogen) atoms. The Morgan fingerprint density at radius 2 is 2.11 bits per heavy atom. The third-order valence-corrected chi connectivity index (χ3v) is 3.84. The van der Waals surface area contributed by atoms with E-state index in [1.165, 1.54) is 17.0 Å². The number of hydrogen-bond donors (Lipinski definition) is 0. The number of hydrogen-bond acceptors (Lipinski definition) is 3. The number of carbonyl (C=O) groups is 2. The molecule has 2 aliphatic rings. The van der Waals surface area contributed by atoms with Crippen LogP contribution >= 0.6 is 0 Å². The molecule has 0 radical (unpaired) electrons. The Hall–Kier alpha value is -2.22. The molecule has 3 rings (SSSR count). The predicted molar refractivity (Wildman–Crippen MR) is 65.0 cm³/mol. The molecule has 0 saturated heterocycles. The van der Waals surface area contributed by atoms with Crippen LogP contribution in [0.2, 0.25) is 0 Å². The predicted octanol–water partition coefficient (Wildman–Crippen LogP) is 2.05. The molecule has 0 bridgehead atoms. The van der Waals surface area contributed by atoms with Crippen molar-refractivity contribution in [3.63, 3.8) is 0 Å². The van der Waals surface area contributed by atoms with Crippen molar-refractivity contribution in [3.8, 4) is 6.07 Å². The minimum absolute atomic E-state index is 0.123. The van der Waals surface area contributed by atoms with Crippen LogP contribution in [0.3, 0.4) is 0 Å². The highest BCUT2D eigenvalue weighted by molar-refractivity contribution is 6.52. The van der Waals surface area contributed by atoms with Gasteiger partial charge in [0.25, 0.3) is 11.7 Å². The molecular weight excluding hydrogens is 247 g/mol. The number of anilines is 1. The molecule has 0 unspecified atom stereocenters. The van der Waals surface area contributed by atoms with Gasteiger partial charge in [-0.3, -0.25) is 9.59 Å². The van der Waals surface area contributed by atoms with Gasteiger partial charge in [-0.1, -0.05) is 0 Å². The molecular formula is C14H11FN2O2. The van der Waals surface area contributed by atoms with Crippen LogP contribution < -0.4 is 4.90 Å². The number of benzene rings is 1. The van der Waals surface area contributed by atoms with E-state index in [4.69, 9.17) is 5.26 Å². The average molecular weight is 258 g/mol. The number of Topliss-reactive ketones (excluding diaryl/α,β-unsaturated/α-hetero) is 1. The van der Waals surface area contributed by atoms with Crippen LogP contribution in [-0.2, 0) is 4.79 Å². The Balaban J connectivity index is 1.94. The van der Waals surface area contributed by atoms with Gasteiger partial charge >= 0.3 is 0 Å². The second-order valence-corrected chi connectivity index (χ2v) is 5.22. The molecule has 0 aromatic heterocycles. The summed E-state index contributed by atoms with van der Waals surface area (Å²) in [4.78, 5) is 25.1. The van der Waals surface area contributed by atoms with Crippen LogP contribution in [0.25, 0.3) is 0 Å². The van der Waals surface area contributed by atoms with Crippen molar-refractivity contribution < 1.29 is 14.0 Å². The molecule has 1 aromatic carbocycles. The quantitative estimate of drug-likeness (QED) is 0.779. The van der Waals surface area contributed by atoms with Crippen molar-refractivity contribution in [1.29, 1.82) is 5.26 Å². The van der Waals surface area contributed by atoms with Crippen LogP contribution in [0.5, 0.6) is 0 Å². The summed E-state index contributed by atoms with van der Waals surface area (Å²) < 4.78 is 13.1. The summed E-state index contributed by atoms with van der Waals surface area (Å²) in [6.07, 6.45) is 2.14. The first kappa shape index (κ1) is 11.8. The van der Waals surface area contributed by atoms with E-state index in [0.29, 0.717) is 18.7 Å². The number of rotatable bonds is 3. The number of nitriles is 1. The summed E-state index contributed by atoms with van der Waals surface area (Å²) >= 11 is 0. The lowest BCUT2D eigenvalue weighted by Crippen LogP contribution is -2.35. The fraction of sp³-hybridized carbons (Fsp3) is 0.357. The van der Waals surface area contributed by atoms with Crippen LogP contribution in [0, 0.1) is 22.6 Å². The van der Waals surface area contributed by atoms with Crippen LogP contribution in [0.4, 0.5) is 10.1 Å². The summed E-state index contributed by atoms with van der Waals surface area (Å²) in [6, 6.07) is 5.91. The summed E-state index contributed by atoms with van der Waals surface area (Å²) in [6.45, 7) is 0.365. The molecule has 1 aliphatic heterocycles. The highest BCUT2D eigenvalue weighted by Crippen LogP contribution is 2.50. The fourth-order valence-electron chi connectivity index (χ4n) is 2.50. The van der Waals surface area contributed by atoms with E-state index < -0.39 is 17.5 Å². The monoisotopic (exact) mass is 258 g/mol. The standard InChI is InChI=1S/C14H11FN2O2/c15-9-1-2-11-10(7-9)12(18)13(19)17(11)8-14(3-4-14)5-6-16/h1-2,7H,3-5,8H2. The van der Waals surface area contributed by atoms with Crippen molar-refractivity contribution in [2.45, 2.75) is 19.3 Å². The van der Waals surface area contributed by atoms with E-state index in [-0.39, 0.29) is 11.0 Å². The molecule has 1 fully saturated rings. The number of ketones is 1. The first-order valence-corrected chi connectivity index (χ1v) is 6.09. The first-order chi connectivity index (χ1) is 9.06. The van der Waals surface area contributed by atoms with Crippen LogP contribution in [0.15, 0.2) is 18.2 Å². The van der Waals surface area contributed by atoms with Crippen LogP contribution in [0.1, 0.15) is 29.6 Å². The zero-order valence-electron chi connectivity index (χ0n) is 10.1. The molecule has 1 aliphatic carbocycles. The lowest BCUT2D eigenvalue weighted by atomic mass is 10.0. The molecule has 1 amide bonds. The van der Waals surface area contributed by atoms with E-state index in [1.807, 2.05) is 0 Å². The van der Waals surface area contributed by atoms with E-state index in [9.17, 15) is 14.0 Å². The third kappa shape index (κ3) is 1.80. The maximum absolute atomic E-state index is 13.1. The Bertz CT molecular complexity index is 629.